The molecular weight excluding hydrogens is 262 g/mol. The van der Waals surface area contributed by atoms with Gasteiger partial charge in [0.15, 0.2) is 5.76 Å². The summed E-state index contributed by atoms with van der Waals surface area (Å²) in [7, 11) is 0. The molecule has 108 valence electrons. The van der Waals surface area contributed by atoms with Crippen molar-refractivity contribution >= 4 is 5.91 Å². The quantitative estimate of drug-likeness (QED) is 0.695. The number of hydrogen-bond donors (Lipinski definition) is 3. The van der Waals surface area contributed by atoms with Crippen molar-refractivity contribution in [1.82, 2.24) is 25.7 Å². The zero-order chi connectivity index (χ0) is 14.5. The van der Waals surface area contributed by atoms with E-state index in [1.807, 2.05) is 6.07 Å². The molecule has 8 heteroatoms. The molecule has 0 aromatic carbocycles. The highest BCUT2D eigenvalue weighted by Crippen LogP contribution is 2.08. The fraction of sp³-hybridized carbons (Fsp3) is 0.500. The first-order valence-electron chi connectivity index (χ1n) is 6.37. The average Bonchev–Trinajstić information content (AvgIpc) is 2.96. The average molecular weight is 279 g/mol. The van der Waals surface area contributed by atoms with Crippen LogP contribution < -0.4 is 11.0 Å². The van der Waals surface area contributed by atoms with Crippen LogP contribution in [0.4, 0.5) is 0 Å². The van der Waals surface area contributed by atoms with E-state index in [2.05, 4.69) is 39.5 Å². The van der Waals surface area contributed by atoms with E-state index in [0.717, 1.165) is 12.1 Å². The van der Waals surface area contributed by atoms with Crippen LogP contribution in [0.5, 0.6) is 0 Å². The van der Waals surface area contributed by atoms with Crippen molar-refractivity contribution < 1.29 is 9.32 Å². The number of carbonyl (C=O) groups is 1. The van der Waals surface area contributed by atoms with Crippen molar-refractivity contribution in [3.8, 4) is 0 Å². The lowest BCUT2D eigenvalue weighted by atomic mass is 10.1. The Balaban J connectivity index is 1.81. The number of carbonyl (C=O) groups excluding carboxylic acids is 1. The van der Waals surface area contributed by atoms with Gasteiger partial charge in [-0.1, -0.05) is 19.0 Å². The molecule has 0 spiro atoms. The van der Waals surface area contributed by atoms with Gasteiger partial charge in [-0.05, 0) is 12.3 Å². The number of aromatic amines is 2. The Morgan fingerprint density at radius 3 is 2.95 bits per heavy atom. The Morgan fingerprint density at radius 2 is 2.30 bits per heavy atom. The van der Waals surface area contributed by atoms with Crippen LogP contribution in [0.2, 0.25) is 0 Å². The van der Waals surface area contributed by atoms with Crippen LogP contribution in [-0.4, -0.2) is 26.2 Å². The molecule has 0 atom stereocenters. The largest absolute Gasteiger partial charge is 0.359 e. The summed E-state index contributed by atoms with van der Waals surface area (Å²) in [5.41, 5.74) is 0.447. The summed E-state index contributed by atoms with van der Waals surface area (Å²) >= 11 is 0. The van der Waals surface area contributed by atoms with Gasteiger partial charge in [0.05, 0.1) is 18.7 Å². The molecule has 0 aliphatic carbocycles. The van der Waals surface area contributed by atoms with Crippen LogP contribution in [0.25, 0.3) is 0 Å². The second kappa shape index (κ2) is 6.18. The van der Waals surface area contributed by atoms with Gasteiger partial charge in [-0.15, -0.1) is 0 Å². The monoisotopic (exact) mass is 279 g/mol. The maximum Gasteiger partial charge on any atom is 0.340 e. The number of aromatic nitrogens is 4. The molecule has 0 aliphatic rings. The number of amides is 1. The normalized spacial score (nSPS) is 10.9. The molecule has 20 heavy (non-hydrogen) atoms. The van der Waals surface area contributed by atoms with Crippen LogP contribution in [0.3, 0.4) is 0 Å². The SMILES string of the molecule is CC(C)Cc1cc(CNC(=O)Cc2n[nH]c(=O)[nH]2)on1. The Labute approximate surface area is 114 Å². The van der Waals surface area contributed by atoms with Crippen molar-refractivity contribution in [1.29, 1.82) is 0 Å². The van der Waals surface area contributed by atoms with Gasteiger partial charge in [-0.25, -0.2) is 9.89 Å². The summed E-state index contributed by atoms with van der Waals surface area (Å²) in [6, 6.07) is 1.83. The summed E-state index contributed by atoms with van der Waals surface area (Å²) in [5, 5.41) is 12.5. The fourth-order valence-electron chi connectivity index (χ4n) is 1.74. The third-order valence-corrected chi connectivity index (χ3v) is 2.56. The minimum absolute atomic E-state index is 0.00568. The number of hydrogen-bond acceptors (Lipinski definition) is 5. The third kappa shape index (κ3) is 4.08. The van der Waals surface area contributed by atoms with Crippen molar-refractivity contribution in [2.75, 3.05) is 0 Å². The Bertz CT molecular complexity index is 625. The maximum absolute atomic E-state index is 11.6. The first-order valence-corrected chi connectivity index (χ1v) is 6.37. The lowest BCUT2D eigenvalue weighted by Crippen LogP contribution is -2.25. The molecule has 0 fully saturated rings. The summed E-state index contributed by atoms with van der Waals surface area (Å²) in [5.74, 6) is 1.14. The summed E-state index contributed by atoms with van der Waals surface area (Å²) in [6.07, 6.45) is 0.845. The lowest BCUT2D eigenvalue weighted by molar-refractivity contribution is -0.120. The molecule has 0 aliphatic heterocycles. The maximum atomic E-state index is 11.6. The molecule has 1 amide bonds. The highest BCUT2D eigenvalue weighted by molar-refractivity contribution is 5.77. The molecule has 0 bridgehead atoms. The molecule has 2 heterocycles. The van der Waals surface area contributed by atoms with Crippen LogP contribution in [0.1, 0.15) is 31.1 Å². The van der Waals surface area contributed by atoms with E-state index in [1.54, 1.807) is 0 Å². The highest BCUT2D eigenvalue weighted by Gasteiger charge is 2.09. The predicted octanol–water partition coefficient (Wildman–Crippen LogP) is 0.143. The zero-order valence-corrected chi connectivity index (χ0v) is 11.4. The fourth-order valence-corrected chi connectivity index (χ4v) is 1.74. The lowest BCUT2D eigenvalue weighted by Gasteiger charge is -2.00. The number of H-pyrrole nitrogens is 2. The third-order valence-electron chi connectivity index (χ3n) is 2.56. The molecule has 2 rings (SSSR count). The first kappa shape index (κ1) is 14.0. The van der Waals surface area contributed by atoms with E-state index < -0.39 is 5.69 Å². The number of nitrogens with one attached hydrogen (secondary N) is 3. The Hall–Kier alpha value is -2.38. The van der Waals surface area contributed by atoms with E-state index in [4.69, 9.17) is 4.52 Å². The first-order chi connectivity index (χ1) is 9.52. The molecule has 0 saturated carbocycles. The van der Waals surface area contributed by atoms with Crippen molar-refractivity contribution in [3.63, 3.8) is 0 Å². The molecule has 0 unspecified atom stereocenters. The molecule has 0 radical (unpaired) electrons. The van der Waals surface area contributed by atoms with Gasteiger partial charge in [0.2, 0.25) is 5.91 Å². The number of rotatable bonds is 6. The van der Waals surface area contributed by atoms with Gasteiger partial charge in [0.25, 0.3) is 0 Å². The second-order valence-electron chi connectivity index (χ2n) is 4.96. The van der Waals surface area contributed by atoms with Crippen LogP contribution >= 0.6 is 0 Å². The van der Waals surface area contributed by atoms with E-state index >= 15 is 0 Å². The highest BCUT2D eigenvalue weighted by atomic mass is 16.5. The minimum atomic E-state index is -0.429. The zero-order valence-electron chi connectivity index (χ0n) is 11.4. The van der Waals surface area contributed by atoms with E-state index in [0.29, 0.717) is 17.5 Å². The summed E-state index contributed by atoms with van der Waals surface area (Å²) in [6.45, 7) is 4.46. The van der Waals surface area contributed by atoms with Crippen LogP contribution in [-0.2, 0) is 24.2 Å². The van der Waals surface area contributed by atoms with Gasteiger partial charge >= 0.3 is 5.69 Å². The molecule has 0 saturated heterocycles. The molecule has 2 aromatic rings. The van der Waals surface area contributed by atoms with Gasteiger partial charge in [-0.2, -0.15) is 5.10 Å². The minimum Gasteiger partial charge on any atom is -0.359 e. The smallest absolute Gasteiger partial charge is 0.340 e. The Kier molecular flexibility index (Phi) is 4.34. The van der Waals surface area contributed by atoms with Crippen molar-refractivity contribution in [2.24, 2.45) is 5.92 Å². The molecule has 2 aromatic heterocycles. The molecular formula is C12H17N5O3. The van der Waals surface area contributed by atoms with Gasteiger partial charge in [-0.3, -0.25) is 9.78 Å². The van der Waals surface area contributed by atoms with Crippen molar-refractivity contribution in [2.45, 2.75) is 33.2 Å². The number of nitrogens with zero attached hydrogens (tertiary/aromatic N) is 2. The van der Waals surface area contributed by atoms with Crippen LogP contribution in [0.15, 0.2) is 15.4 Å². The summed E-state index contributed by atoms with van der Waals surface area (Å²) in [4.78, 5) is 24.9. The van der Waals surface area contributed by atoms with E-state index in [1.165, 1.54) is 0 Å². The van der Waals surface area contributed by atoms with Crippen LogP contribution in [0, 0.1) is 5.92 Å². The van der Waals surface area contributed by atoms with E-state index in [-0.39, 0.29) is 18.9 Å². The second-order valence-corrected chi connectivity index (χ2v) is 4.96. The topological polar surface area (TPSA) is 117 Å². The molecule has 8 nitrogen and oxygen atoms in total. The molecule has 3 N–H and O–H groups in total. The van der Waals surface area contributed by atoms with Gasteiger partial charge in [0.1, 0.15) is 5.82 Å². The standard InChI is InChI=1S/C12H17N5O3/c1-7(2)3-8-4-9(20-17-8)6-13-11(18)5-10-14-12(19)16-15-10/h4,7H,3,5-6H2,1-2H3,(H,13,18)(H2,14,15,16,19). The summed E-state index contributed by atoms with van der Waals surface area (Å²) < 4.78 is 5.13. The predicted molar refractivity (Wildman–Crippen MR) is 69.8 cm³/mol. The Morgan fingerprint density at radius 1 is 1.50 bits per heavy atom. The van der Waals surface area contributed by atoms with Gasteiger partial charge in [0, 0.05) is 6.07 Å². The van der Waals surface area contributed by atoms with Gasteiger partial charge < -0.3 is 9.84 Å². The van der Waals surface area contributed by atoms with Crippen molar-refractivity contribution in [3.05, 3.63) is 33.8 Å². The van der Waals surface area contributed by atoms with E-state index in [9.17, 15) is 9.59 Å².